The lowest BCUT2D eigenvalue weighted by Crippen LogP contribution is -2.37. The lowest BCUT2D eigenvalue weighted by Gasteiger charge is -2.28. The van der Waals surface area contributed by atoms with Gasteiger partial charge in [-0.3, -0.25) is 9.69 Å². The molecule has 1 fully saturated rings. The molecule has 2 aromatic carbocycles. The summed E-state index contributed by atoms with van der Waals surface area (Å²) < 4.78 is 29.1. The van der Waals surface area contributed by atoms with Gasteiger partial charge in [0, 0.05) is 25.6 Å². The van der Waals surface area contributed by atoms with Crippen LogP contribution in [0.15, 0.2) is 48.5 Å². The second-order valence-electron chi connectivity index (χ2n) is 7.33. The molecule has 1 heterocycles. The van der Waals surface area contributed by atoms with Crippen molar-refractivity contribution >= 4 is 21.4 Å². The Morgan fingerprint density at radius 1 is 1.23 bits per heavy atom. The van der Waals surface area contributed by atoms with Gasteiger partial charge in [0.05, 0.1) is 29.9 Å². The van der Waals surface area contributed by atoms with E-state index in [1.54, 1.807) is 31.4 Å². The summed E-state index contributed by atoms with van der Waals surface area (Å²) >= 11 is 0. The van der Waals surface area contributed by atoms with Gasteiger partial charge < -0.3 is 10.1 Å². The molecule has 3 rings (SSSR count). The number of para-hydroxylation sites is 1. The number of anilines is 1. The fraction of sp³-hybridized carbons (Fsp3) is 0.364. The summed E-state index contributed by atoms with van der Waals surface area (Å²) in [6.07, 6.45) is 0.768. The summed E-state index contributed by atoms with van der Waals surface area (Å²) in [4.78, 5) is 14.5. The third kappa shape index (κ3) is 5.81. The minimum absolute atomic E-state index is 0.113. The van der Waals surface area contributed by atoms with Gasteiger partial charge in [-0.1, -0.05) is 24.3 Å². The van der Waals surface area contributed by atoms with Crippen LogP contribution in [0.3, 0.4) is 0 Å². The van der Waals surface area contributed by atoms with Crippen LogP contribution >= 0.6 is 0 Å². The second kappa shape index (κ2) is 9.74. The molecular formula is C22H25N3O4S. The van der Waals surface area contributed by atoms with Gasteiger partial charge in [0.15, 0.2) is 9.84 Å². The molecule has 2 aromatic rings. The fourth-order valence-corrected chi connectivity index (χ4v) is 5.33. The molecule has 0 radical (unpaired) electrons. The zero-order chi connectivity index (χ0) is 21.6. The Morgan fingerprint density at radius 2 is 1.97 bits per heavy atom. The van der Waals surface area contributed by atoms with E-state index in [-0.39, 0.29) is 29.9 Å². The first-order valence-corrected chi connectivity index (χ1v) is 11.6. The molecule has 7 nitrogen and oxygen atoms in total. The quantitative estimate of drug-likeness (QED) is 0.695. The molecule has 1 aliphatic heterocycles. The highest BCUT2D eigenvalue weighted by Crippen LogP contribution is 2.22. The van der Waals surface area contributed by atoms with Crippen molar-refractivity contribution in [1.29, 1.82) is 5.26 Å². The molecule has 8 heteroatoms. The van der Waals surface area contributed by atoms with Crippen molar-refractivity contribution in [3.05, 3.63) is 59.7 Å². The summed E-state index contributed by atoms with van der Waals surface area (Å²) in [5, 5.41) is 11.9. The molecule has 30 heavy (non-hydrogen) atoms. The topological polar surface area (TPSA) is 99.5 Å². The number of amides is 1. The zero-order valence-electron chi connectivity index (χ0n) is 16.9. The predicted molar refractivity (Wildman–Crippen MR) is 115 cm³/mol. The average molecular weight is 428 g/mol. The number of nitrogens with one attached hydrogen (secondary N) is 1. The third-order valence-corrected chi connectivity index (χ3v) is 6.97. The van der Waals surface area contributed by atoms with Crippen LogP contribution in [-0.4, -0.2) is 50.4 Å². The van der Waals surface area contributed by atoms with Crippen LogP contribution in [0.25, 0.3) is 0 Å². The summed E-state index contributed by atoms with van der Waals surface area (Å²) in [6, 6.07) is 16.4. The van der Waals surface area contributed by atoms with Crippen LogP contribution < -0.4 is 10.1 Å². The van der Waals surface area contributed by atoms with Crippen LogP contribution in [0.1, 0.15) is 24.0 Å². The van der Waals surface area contributed by atoms with Crippen molar-refractivity contribution in [3.8, 4) is 11.8 Å². The predicted octanol–water partition coefficient (Wildman–Crippen LogP) is 2.58. The molecule has 0 saturated carbocycles. The molecule has 1 saturated heterocycles. The Kier molecular flexibility index (Phi) is 7.08. The second-order valence-corrected chi connectivity index (χ2v) is 9.56. The number of sulfone groups is 1. The summed E-state index contributed by atoms with van der Waals surface area (Å²) in [5.74, 6) is 0.836. The van der Waals surface area contributed by atoms with Crippen molar-refractivity contribution in [2.24, 2.45) is 0 Å². The highest BCUT2D eigenvalue weighted by molar-refractivity contribution is 7.91. The minimum atomic E-state index is -3.04. The van der Waals surface area contributed by atoms with E-state index >= 15 is 0 Å². The van der Waals surface area contributed by atoms with Crippen molar-refractivity contribution in [3.63, 3.8) is 0 Å². The highest BCUT2D eigenvalue weighted by Gasteiger charge is 2.32. The van der Waals surface area contributed by atoms with E-state index in [2.05, 4.69) is 16.3 Å². The van der Waals surface area contributed by atoms with E-state index in [9.17, 15) is 13.2 Å². The van der Waals surface area contributed by atoms with Gasteiger partial charge >= 0.3 is 0 Å². The maximum atomic E-state index is 12.5. The van der Waals surface area contributed by atoms with Crippen molar-refractivity contribution < 1.29 is 17.9 Å². The molecule has 0 aliphatic carbocycles. The molecule has 1 unspecified atom stereocenters. The molecule has 1 atom stereocenters. The van der Waals surface area contributed by atoms with E-state index in [1.807, 2.05) is 24.3 Å². The first kappa shape index (κ1) is 21.8. The summed E-state index contributed by atoms with van der Waals surface area (Å²) in [7, 11) is -1.43. The number of nitriles is 1. The smallest absolute Gasteiger partial charge is 0.225 e. The lowest BCUT2D eigenvalue weighted by molar-refractivity contribution is -0.116. The van der Waals surface area contributed by atoms with E-state index in [4.69, 9.17) is 10.00 Å². The Bertz CT molecular complexity index is 1030. The first-order chi connectivity index (χ1) is 14.4. The van der Waals surface area contributed by atoms with Gasteiger partial charge in [-0.25, -0.2) is 8.42 Å². The summed E-state index contributed by atoms with van der Waals surface area (Å²) in [6.45, 7) is 0.971. The molecule has 0 bridgehead atoms. The van der Waals surface area contributed by atoms with Crippen LogP contribution in [0.5, 0.6) is 5.75 Å². The van der Waals surface area contributed by atoms with Crippen LogP contribution in [0, 0.1) is 11.3 Å². The van der Waals surface area contributed by atoms with E-state index in [1.165, 1.54) is 0 Å². The molecule has 1 amide bonds. The maximum absolute atomic E-state index is 12.5. The monoisotopic (exact) mass is 427 g/mol. The number of ether oxygens (including phenoxy) is 1. The zero-order valence-corrected chi connectivity index (χ0v) is 17.7. The van der Waals surface area contributed by atoms with Gasteiger partial charge in [-0.05, 0) is 36.2 Å². The first-order valence-electron chi connectivity index (χ1n) is 9.76. The third-order valence-electron chi connectivity index (χ3n) is 5.22. The number of benzene rings is 2. The van der Waals surface area contributed by atoms with Gasteiger partial charge in [0.1, 0.15) is 11.8 Å². The molecular weight excluding hydrogens is 402 g/mol. The Labute approximate surface area is 177 Å². The van der Waals surface area contributed by atoms with Crippen molar-refractivity contribution in [2.45, 2.75) is 25.4 Å². The maximum Gasteiger partial charge on any atom is 0.225 e. The standard InChI is InChI=1S/C22H25N3O4S/c1-29-20-8-6-17(7-9-20)15-25(19-11-13-30(27,28)16-19)12-10-22(26)24-21-5-3-2-4-18(21)14-23/h2-9,19H,10-13,15-16H2,1H3,(H,24,26). The van der Waals surface area contributed by atoms with Crippen LogP contribution in [0.4, 0.5) is 5.69 Å². The number of nitrogens with zero attached hydrogens (tertiary/aromatic N) is 2. The number of carbonyl (C=O) groups is 1. The Morgan fingerprint density at radius 3 is 2.60 bits per heavy atom. The van der Waals surface area contributed by atoms with Gasteiger partial charge in [-0.2, -0.15) is 5.26 Å². The van der Waals surface area contributed by atoms with Gasteiger partial charge in [0.25, 0.3) is 0 Å². The Hall–Kier alpha value is -2.89. The van der Waals surface area contributed by atoms with Gasteiger partial charge in [0.2, 0.25) is 5.91 Å². The van der Waals surface area contributed by atoms with Gasteiger partial charge in [-0.15, -0.1) is 0 Å². The van der Waals surface area contributed by atoms with E-state index in [0.29, 0.717) is 30.8 Å². The molecule has 1 aliphatic rings. The molecule has 1 N–H and O–H groups in total. The normalized spacial score (nSPS) is 17.4. The number of methoxy groups -OCH3 is 1. The number of hydrogen-bond acceptors (Lipinski definition) is 6. The Balaban J connectivity index is 1.67. The van der Waals surface area contributed by atoms with Crippen LogP contribution in [0.2, 0.25) is 0 Å². The average Bonchev–Trinajstić information content (AvgIpc) is 3.11. The number of rotatable bonds is 8. The SMILES string of the molecule is COc1ccc(CN(CCC(=O)Nc2ccccc2C#N)C2CCS(=O)(=O)C2)cc1. The van der Waals surface area contributed by atoms with E-state index in [0.717, 1.165) is 11.3 Å². The molecule has 0 aromatic heterocycles. The van der Waals surface area contributed by atoms with Crippen molar-refractivity contribution in [1.82, 2.24) is 4.90 Å². The summed E-state index contributed by atoms with van der Waals surface area (Å²) in [5.41, 5.74) is 1.91. The number of hydrogen-bond donors (Lipinski definition) is 1. The minimum Gasteiger partial charge on any atom is -0.497 e. The fourth-order valence-electron chi connectivity index (χ4n) is 3.57. The van der Waals surface area contributed by atoms with Crippen LogP contribution in [-0.2, 0) is 21.2 Å². The lowest BCUT2D eigenvalue weighted by atomic mass is 10.1. The molecule has 158 valence electrons. The highest BCUT2D eigenvalue weighted by atomic mass is 32.2. The largest absolute Gasteiger partial charge is 0.497 e. The van der Waals surface area contributed by atoms with E-state index < -0.39 is 9.84 Å². The molecule has 0 spiro atoms. The number of carbonyl (C=O) groups excluding carboxylic acids is 1. The van der Waals surface area contributed by atoms with Crippen molar-refractivity contribution in [2.75, 3.05) is 30.5 Å².